The molecule has 0 aliphatic rings. The standard InChI is InChI=1S/C16H11ClO3/c1-19-14-7-6-11(8-12(14)17)16(18)15-9-10-4-2-3-5-13(10)20-15/h2-9H,1H3. The molecule has 0 fully saturated rings. The van der Waals surface area contributed by atoms with E-state index in [4.69, 9.17) is 20.8 Å². The number of halogens is 1. The number of ketones is 1. The van der Waals surface area contributed by atoms with Crippen molar-refractivity contribution in [3.05, 3.63) is 64.9 Å². The topological polar surface area (TPSA) is 39.4 Å². The zero-order valence-electron chi connectivity index (χ0n) is 10.7. The van der Waals surface area contributed by atoms with Crippen molar-refractivity contribution >= 4 is 28.4 Å². The van der Waals surface area contributed by atoms with Crippen LogP contribution in [0.25, 0.3) is 11.0 Å². The lowest BCUT2D eigenvalue weighted by Crippen LogP contribution is -1.99. The molecule has 100 valence electrons. The first kappa shape index (κ1) is 12.8. The number of fused-ring (bicyclic) bond motifs is 1. The number of hydrogen-bond donors (Lipinski definition) is 0. The molecule has 1 heterocycles. The molecular formula is C16H11ClO3. The maximum Gasteiger partial charge on any atom is 0.228 e. The van der Waals surface area contributed by atoms with Crippen LogP contribution < -0.4 is 4.74 Å². The monoisotopic (exact) mass is 286 g/mol. The first-order valence-corrected chi connectivity index (χ1v) is 6.43. The maximum atomic E-state index is 12.4. The fraction of sp³-hybridized carbons (Fsp3) is 0.0625. The molecule has 0 saturated carbocycles. The van der Waals surface area contributed by atoms with Gasteiger partial charge in [0.25, 0.3) is 0 Å². The number of methoxy groups -OCH3 is 1. The molecule has 0 amide bonds. The fourth-order valence-corrected chi connectivity index (χ4v) is 2.30. The zero-order chi connectivity index (χ0) is 14.1. The van der Waals surface area contributed by atoms with Gasteiger partial charge in [0.15, 0.2) is 5.76 Å². The second-order valence-electron chi connectivity index (χ2n) is 4.33. The van der Waals surface area contributed by atoms with Crippen molar-refractivity contribution in [1.29, 1.82) is 0 Å². The van der Waals surface area contributed by atoms with Crippen molar-refractivity contribution in [2.24, 2.45) is 0 Å². The number of para-hydroxylation sites is 1. The summed E-state index contributed by atoms with van der Waals surface area (Å²) in [6.07, 6.45) is 0. The molecule has 0 bridgehead atoms. The molecule has 0 radical (unpaired) electrons. The Kier molecular flexibility index (Phi) is 3.20. The summed E-state index contributed by atoms with van der Waals surface area (Å²) in [7, 11) is 1.53. The highest BCUT2D eigenvalue weighted by molar-refractivity contribution is 6.32. The third-order valence-electron chi connectivity index (χ3n) is 3.06. The van der Waals surface area contributed by atoms with Crippen molar-refractivity contribution in [2.45, 2.75) is 0 Å². The Bertz CT molecular complexity index is 756. The van der Waals surface area contributed by atoms with Crippen LogP contribution in [0.15, 0.2) is 52.9 Å². The van der Waals surface area contributed by atoms with Crippen molar-refractivity contribution in [1.82, 2.24) is 0 Å². The molecule has 0 aliphatic heterocycles. The van der Waals surface area contributed by atoms with Crippen LogP contribution in [0.2, 0.25) is 5.02 Å². The van der Waals surface area contributed by atoms with Crippen LogP contribution in [0.5, 0.6) is 5.75 Å². The highest BCUT2D eigenvalue weighted by Crippen LogP contribution is 2.27. The average Bonchev–Trinajstić information content (AvgIpc) is 2.90. The van der Waals surface area contributed by atoms with E-state index in [0.717, 1.165) is 5.39 Å². The van der Waals surface area contributed by atoms with E-state index >= 15 is 0 Å². The Morgan fingerprint density at radius 3 is 2.65 bits per heavy atom. The van der Waals surface area contributed by atoms with Crippen LogP contribution in [0.3, 0.4) is 0 Å². The zero-order valence-corrected chi connectivity index (χ0v) is 11.5. The van der Waals surface area contributed by atoms with Gasteiger partial charge >= 0.3 is 0 Å². The first-order valence-electron chi connectivity index (χ1n) is 6.06. The number of ether oxygens (including phenoxy) is 1. The summed E-state index contributed by atoms with van der Waals surface area (Å²) in [5.41, 5.74) is 1.16. The Labute approximate surface area is 120 Å². The number of benzene rings is 2. The van der Waals surface area contributed by atoms with Crippen LogP contribution >= 0.6 is 11.6 Å². The van der Waals surface area contributed by atoms with Crippen molar-refractivity contribution in [2.75, 3.05) is 7.11 Å². The predicted octanol–water partition coefficient (Wildman–Crippen LogP) is 4.33. The van der Waals surface area contributed by atoms with E-state index in [1.165, 1.54) is 7.11 Å². The van der Waals surface area contributed by atoms with Gasteiger partial charge in [0.2, 0.25) is 5.78 Å². The van der Waals surface area contributed by atoms with Gasteiger partial charge in [-0.05, 0) is 30.3 Å². The lowest BCUT2D eigenvalue weighted by atomic mass is 10.1. The van der Waals surface area contributed by atoms with Gasteiger partial charge in [0.1, 0.15) is 11.3 Å². The van der Waals surface area contributed by atoms with Gasteiger partial charge < -0.3 is 9.15 Å². The van der Waals surface area contributed by atoms with E-state index in [1.54, 1.807) is 24.3 Å². The normalized spacial score (nSPS) is 10.7. The summed E-state index contributed by atoms with van der Waals surface area (Å²) in [6.45, 7) is 0. The molecule has 0 N–H and O–H groups in total. The van der Waals surface area contributed by atoms with Crippen LogP contribution in [0.4, 0.5) is 0 Å². The maximum absolute atomic E-state index is 12.4. The van der Waals surface area contributed by atoms with Crippen LogP contribution in [0.1, 0.15) is 16.1 Å². The molecule has 0 aliphatic carbocycles. The number of hydrogen-bond acceptors (Lipinski definition) is 3. The summed E-state index contributed by atoms with van der Waals surface area (Å²) in [5, 5.41) is 1.30. The van der Waals surface area contributed by atoms with E-state index < -0.39 is 0 Å². The largest absolute Gasteiger partial charge is 0.495 e. The lowest BCUT2D eigenvalue weighted by molar-refractivity contribution is 0.101. The average molecular weight is 287 g/mol. The minimum Gasteiger partial charge on any atom is -0.495 e. The van der Waals surface area contributed by atoms with Crippen LogP contribution in [0, 0.1) is 0 Å². The molecule has 0 unspecified atom stereocenters. The van der Waals surface area contributed by atoms with E-state index in [-0.39, 0.29) is 5.78 Å². The molecule has 20 heavy (non-hydrogen) atoms. The van der Waals surface area contributed by atoms with Crippen molar-refractivity contribution in [3.63, 3.8) is 0 Å². The van der Waals surface area contributed by atoms with Crippen LogP contribution in [-0.4, -0.2) is 12.9 Å². The third-order valence-corrected chi connectivity index (χ3v) is 3.36. The third kappa shape index (κ3) is 2.17. The summed E-state index contributed by atoms with van der Waals surface area (Å²) in [6, 6.07) is 14.1. The fourth-order valence-electron chi connectivity index (χ4n) is 2.04. The van der Waals surface area contributed by atoms with E-state index in [9.17, 15) is 4.79 Å². The van der Waals surface area contributed by atoms with E-state index in [2.05, 4.69) is 0 Å². The van der Waals surface area contributed by atoms with Crippen molar-refractivity contribution in [3.8, 4) is 5.75 Å². The number of rotatable bonds is 3. The minimum absolute atomic E-state index is 0.203. The van der Waals surface area contributed by atoms with Gasteiger partial charge in [0, 0.05) is 10.9 Å². The van der Waals surface area contributed by atoms with Crippen LogP contribution in [-0.2, 0) is 0 Å². The second kappa shape index (κ2) is 5.02. The molecule has 0 spiro atoms. The van der Waals surface area contributed by atoms with Gasteiger partial charge in [-0.25, -0.2) is 0 Å². The molecule has 4 heteroatoms. The van der Waals surface area contributed by atoms with Gasteiger partial charge in [-0.15, -0.1) is 0 Å². The quantitative estimate of drug-likeness (QED) is 0.673. The lowest BCUT2D eigenvalue weighted by Gasteiger charge is -2.04. The highest BCUT2D eigenvalue weighted by atomic mass is 35.5. The SMILES string of the molecule is COc1ccc(C(=O)c2cc3ccccc3o2)cc1Cl. The van der Waals surface area contributed by atoms with Gasteiger partial charge in [0.05, 0.1) is 12.1 Å². The van der Waals surface area contributed by atoms with E-state index in [0.29, 0.717) is 27.7 Å². The second-order valence-corrected chi connectivity index (χ2v) is 4.73. The Balaban J connectivity index is 2.01. The molecule has 0 atom stereocenters. The smallest absolute Gasteiger partial charge is 0.228 e. The predicted molar refractivity (Wildman–Crippen MR) is 77.7 cm³/mol. The Hall–Kier alpha value is -2.26. The summed E-state index contributed by atoms with van der Waals surface area (Å²) >= 11 is 6.03. The molecular weight excluding hydrogens is 276 g/mol. The number of furan rings is 1. The molecule has 0 saturated heterocycles. The summed E-state index contributed by atoms with van der Waals surface area (Å²) in [4.78, 5) is 12.4. The Morgan fingerprint density at radius 2 is 1.95 bits per heavy atom. The number of carbonyl (C=O) groups is 1. The Morgan fingerprint density at radius 1 is 1.15 bits per heavy atom. The molecule has 2 aromatic carbocycles. The molecule has 3 rings (SSSR count). The number of carbonyl (C=O) groups excluding carboxylic acids is 1. The molecule has 1 aromatic heterocycles. The summed E-state index contributed by atoms with van der Waals surface area (Å²) in [5.74, 6) is 0.631. The molecule has 3 nitrogen and oxygen atoms in total. The molecule has 3 aromatic rings. The highest BCUT2D eigenvalue weighted by Gasteiger charge is 2.15. The van der Waals surface area contributed by atoms with Gasteiger partial charge in [-0.1, -0.05) is 29.8 Å². The van der Waals surface area contributed by atoms with Gasteiger partial charge in [-0.2, -0.15) is 0 Å². The van der Waals surface area contributed by atoms with Crippen molar-refractivity contribution < 1.29 is 13.9 Å². The van der Waals surface area contributed by atoms with E-state index in [1.807, 2.05) is 24.3 Å². The summed E-state index contributed by atoms with van der Waals surface area (Å²) < 4.78 is 10.6. The minimum atomic E-state index is -0.203. The first-order chi connectivity index (χ1) is 9.69. The van der Waals surface area contributed by atoms with Gasteiger partial charge in [-0.3, -0.25) is 4.79 Å².